The van der Waals surface area contributed by atoms with Crippen LogP contribution in [-0.2, 0) is 0 Å². The van der Waals surface area contributed by atoms with E-state index in [4.69, 9.17) is 0 Å². The Bertz CT molecular complexity index is 397. The zero-order chi connectivity index (χ0) is 12.3. The number of rotatable bonds is 3. The lowest BCUT2D eigenvalue weighted by Crippen LogP contribution is -2.23. The first-order valence-electron chi connectivity index (χ1n) is 6.11. The van der Waals surface area contributed by atoms with Crippen molar-refractivity contribution in [2.45, 2.75) is 31.7 Å². The van der Waals surface area contributed by atoms with E-state index in [1.54, 1.807) is 25.2 Å². The number of anilines is 1. The van der Waals surface area contributed by atoms with E-state index in [-0.39, 0.29) is 5.91 Å². The molecule has 92 valence electrons. The summed E-state index contributed by atoms with van der Waals surface area (Å²) in [6.45, 7) is 0. The second-order valence-electron chi connectivity index (χ2n) is 4.76. The van der Waals surface area contributed by atoms with Gasteiger partial charge in [0.1, 0.15) is 5.69 Å². The third-order valence-electron chi connectivity index (χ3n) is 3.11. The predicted molar refractivity (Wildman–Crippen MR) is 68.1 cm³/mol. The highest BCUT2D eigenvalue weighted by Gasteiger charge is 2.15. The molecule has 2 rings (SSSR count). The number of pyridine rings is 1. The number of nitrogens with zero attached hydrogens (tertiary/aromatic N) is 2. The van der Waals surface area contributed by atoms with Crippen LogP contribution in [0.3, 0.4) is 0 Å². The van der Waals surface area contributed by atoms with E-state index in [1.165, 1.54) is 25.7 Å². The lowest BCUT2D eigenvalue weighted by Gasteiger charge is -2.15. The Hall–Kier alpha value is -1.58. The van der Waals surface area contributed by atoms with Crippen molar-refractivity contribution in [2.24, 2.45) is 0 Å². The molecule has 0 saturated heterocycles. The molecule has 17 heavy (non-hydrogen) atoms. The Balaban J connectivity index is 2.08. The van der Waals surface area contributed by atoms with Crippen LogP contribution in [-0.4, -0.2) is 35.9 Å². The maximum atomic E-state index is 11.8. The molecule has 1 aliphatic carbocycles. The number of nitrogens with one attached hydrogen (secondary N) is 1. The summed E-state index contributed by atoms with van der Waals surface area (Å²) >= 11 is 0. The van der Waals surface area contributed by atoms with Gasteiger partial charge in [-0.05, 0) is 25.0 Å². The summed E-state index contributed by atoms with van der Waals surface area (Å²) in [5.74, 6) is -0.0555. The number of amides is 1. The number of hydrogen-bond acceptors (Lipinski definition) is 3. The molecular weight excluding hydrogens is 214 g/mol. The van der Waals surface area contributed by atoms with Crippen molar-refractivity contribution in [2.75, 3.05) is 19.4 Å². The number of hydrogen-bond donors (Lipinski definition) is 1. The van der Waals surface area contributed by atoms with Crippen molar-refractivity contribution in [3.05, 3.63) is 24.0 Å². The molecule has 1 amide bonds. The van der Waals surface area contributed by atoms with Crippen LogP contribution >= 0.6 is 0 Å². The number of carbonyl (C=O) groups excluding carboxylic acids is 1. The summed E-state index contributed by atoms with van der Waals surface area (Å²) in [7, 11) is 3.47. The Morgan fingerprint density at radius 3 is 2.76 bits per heavy atom. The van der Waals surface area contributed by atoms with Crippen LogP contribution < -0.4 is 5.32 Å². The summed E-state index contributed by atoms with van der Waals surface area (Å²) in [6.07, 6.45) is 6.73. The van der Waals surface area contributed by atoms with Gasteiger partial charge in [-0.25, -0.2) is 0 Å². The van der Waals surface area contributed by atoms with Gasteiger partial charge in [-0.1, -0.05) is 12.8 Å². The first-order valence-corrected chi connectivity index (χ1v) is 6.11. The molecule has 0 bridgehead atoms. The van der Waals surface area contributed by atoms with Gasteiger partial charge in [0.2, 0.25) is 0 Å². The van der Waals surface area contributed by atoms with Crippen molar-refractivity contribution in [3.63, 3.8) is 0 Å². The van der Waals surface area contributed by atoms with Crippen LogP contribution in [0.1, 0.15) is 36.2 Å². The second kappa shape index (κ2) is 5.17. The molecule has 1 saturated carbocycles. The zero-order valence-electron chi connectivity index (χ0n) is 10.4. The van der Waals surface area contributed by atoms with E-state index in [2.05, 4.69) is 10.3 Å². The third-order valence-corrected chi connectivity index (χ3v) is 3.11. The third kappa shape index (κ3) is 2.96. The molecule has 1 aromatic rings. The SMILES string of the molecule is CN(C)C(=O)c1cc(NC2CCCC2)ccn1. The van der Waals surface area contributed by atoms with Crippen molar-refractivity contribution in [1.29, 1.82) is 0 Å². The Morgan fingerprint density at radius 2 is 2.12 bits per heavy atom. The minimum absolute atomic E-state index is 0.0555. The van der Waals surface area contributed by atoms with E-state index in [9.17, 15) is 4.79 Å². The molecule has 0 spiro atoms. The fourth-order valence-corrected chi connectivity index (χ4v) is 2.17. The van der Waals surface area contributed by atoms with Crippen molar-refractivity contribution >= 4 is 11.6 Å². The average molecular weight is 233 g/mol. The summed E-state index contributed by atoms with van der Waals surface area (Å²) in [6, 6.07) is 4.31. The lowest BCUT2D eigenvalue weighted by atomic mass is 10.2. The molecular formula is C13H19N3O. The standard InChI is InChI=1S/C13H19N3O/c1-16(2)13(17)12-9-11(7-8-14-12)15-10-5-3-4-6-10/h7-10H,3-6H2,1-2H3,(H,14,15). The molecule has 1 aromatic heterocycles. The van der Waals surface area contributed by atoms with Crippen LogP contribution in [0.15, 0.2) is 18.3 Å². The highest BCUT2D eigenvalue weighted by atomic mass is 16.2. The van der Waals surface area contributed by atoms with E-state index >= 15 is 0 Å². The van der Waals surface area contributed by atoms with Crippen LogP contribution in [0.5, 0.6) is 0 Å². The zero-order valence-corrected chi connectivity index (χ0v) is 10.4. The van der Waals surface area contributed by atoms with Gasteiger partial charge >= 0.3 is 0 Å². The number of aromatic nitrogens is 1. The largest absolute Gasteiger partial charge is 0.382 e. The van der Waals surface area contributed by atoms with Crippen molar-refractivity contribution in [3.8, 4) is 0 Å². The van der Waals surface area contributed by atoms with Crippen molar-refractivity contribution < 1.29 is 4.79 Å². The summed E-state index contributed by atoms with van der Waals surface area (Å²) in [5.41, 5.74) is 1.50. The van der Waals surface area contributed by atoms with Gasteiger partial charge in [0.15, 0.2) is 0 Å². The van der Waals surface area contributed by atoms with Gasteiger partial charge in [0.05, 0.1) is 0 Å². The first kappa shape index (κ1) is 11.9. The van der Waals surface area contributed by atoms with E-state index in [1.807, 2.05) is 12.1 Å². The molecule has 1 aliphatic rings. The summed E-state index contributed by atoms with van der Waals surface area (Å²) < 4.78 is 0. The highest BCUT2D eigenvalue weighted by molar-refractivity contribution is 5.92. The Kier molecular flexibility index (Phi) is 3.61. The maximum Gasteiger partial charge on any atom is 0.272 e. The number of carbonyl (C=O) groups is 1. The molecule has 1 heterocycles. The molecule has 0 aromatic carbocycles. The first-order chi connectivity index (χ1) is 8.16. The molecule has 1 fully saturated rings. The molecule has 0 atom stereocenters. The van der Waals surface area contributed by atoms with Gasteiger partial charge in [-0.15, -0.1) is 0 Å². The quantitative estimate of drug-likeness (QED) is 0.870. The Labute approximate surface area is 102 Å². The van der Waals surface area contributed by atoms with Crippen LogP contribution in [0.2, 0.25) is 0 Å². The normalized spacial score (nSPS) is 15.9. The van der Waals surface area contributed by atoms with Crippen LogP contribution in [0, 0.1) is 0 Å². The maximum absolute atomic E-state index is 11.8. The average Bonchev–Trinajstić information content (AvgIpc) is 2.81. The lowest BCUT2D eigenvalue weighted by molar-refractivity contribution is 0.0822. The Morgan fingerprint density at radius 1 is 1.41 bits per heavy atom. The molecule has 4 nitrogen and oxygen atoms in total. The van der Waals surface area contributed by atoms with E-state index < -0.39 is 0 Å². The molecule has 0 unspecified atom stereocenters. The van der Waals surface area contributed by atoms with Crippen LogP contribution in [0.25, 0.3) is 0 Å². The van der Waals surface area contributed by atoms with Crippen LogP contribution in [0.4, 0.5) is 5.69 Å². The minimum atomic E-state index is -0.0555. The highest BCUT2D eigenvalue weighted by Crippen LogP contribution is 2.22. The van der Waals surface area contributed by atoms with Gasteiger partial charge in [-0.3, -0.25) is 9.78 Å². The fraction of sp³-hybridized carbons (Fsp3) is 0.538. The summed E-state index contributed by atoms with van der Waals surface area (Å²) in [5, 5.41) is 3.46. The monoisotopic (exact) mass is 233 g/mol. The van der Waals surface area contributed by atoms with Crippen molar-refractivity contribution in [1.82, 2.24) is 9.88 Å². The predicted octanol–water partition coefficient (Wildman–Crippen LogP) is 2.14. The molecule has 0 aliphatic heterocycles. The second-order valence-corrected chi connectivity index (χ2v) is 4.76. The van der Waals surface area contributed by atoms with Gasteiger partial charge in [-0.2, -0.15) is 0 Å². The molecule has 4 heteroatoms. The molecule has 0 radical (unpaired) electrons. The van der Waals surface area contributed by atoms with E-state index in [0.29, 0.717) is 11.7 Å². The van der Waals surface area contributed by atoms with Gasteiger partial charge in [0, 0.05) is 32.0 Å². The smallest absolute Gasteiger partial charge is 0.272 e. The topological polar surface area (TPSA) is 45.2 Å². The summed E-state index contributed by atoms with van der Waals surface area (Å²) in [4.78, 5) is 17.4. The van der Waals surface area contributed by atoms with E-state index in [0.717, 1.165) is 5.69 Å². The van der Waals surface area contributed by atoms with Gasteiger partial charge in [0.25, 0.3) is 5.91 Å². The minimum Gasteiger partial charge on any atom is -0.382 e. The van der Waals surface area contributed by atoms with Gasteiger partial charge < -0.3 is 10.2 Å². The fourth-order valence-electron chi connectivity index (χ4n) is 2.17. The molecule has 1 N–H and O–H groups in total.